The third-order valence-electron chi connectivity index (χ3n) is 1.30. The van der Waals surface area contributed by atoms with Gasteiger partial charge >= 0.3 is 0 Å². The highest BCUT2D eigenvalue weighted by atomic mass is 13.8. The Hall–Kier alpha value is -0.520. The molecule has 0 aromatic rings. The summed E-state index contributed by atoms with van der Waals surface area (Å²) in [4.78, 5) is 0. The van der Waals surface area contributed by atoms with Gasteiger partial charge in [0.1, 0.15) is 0 Å². The minimum Gasteiger partial charge on any atom is -0.0888 e. The van der Waals surface area contributed by atoms with Gasteiger partial charge < -0.3 is 0 Å². The molecule has 0 aliphatic carbocycles. The van der Waals surface area contributed by atoms with Gasteiger partial charge in [0.25, 0.3) is 0 Å². The van der Waals surface area contributed by atoms with Crippen LogP contribution >= 0.6 is 0 Å². The zero-order valence-corrected chi connectivity index (χ0v) is 7.14. The predicted molar refractivity (Wildman–Crippen MR) is 48.1 cm³/mol. The maximum absolute atomic E-state index is 2.25. The second-order valence-electron chi connectivity index (χ2n) is 2.34. The van der Waals surface area contributed by atoms with Crippen molar-refractivity contribution in [3.05, 3.63) is 24.3 Å². The molecule has 0 heterocycles. The zero-order valence-electron chi connectivity index (χ0n) is 7.14. The van der Waals surface area contributed by atoms with Crippen molar-refractivity contribution in [3.63, 3.8) is 0 Å². The maximum Gasteiger partial charge on any atom is -0.0316 e. The van der Waals surface area contributed by atoms with Gasteiger partial charge in [0, 0.05) is 0 Å². The second kappa shape index (κ2) is 8.48. The molecule has 0 heteroatoms. The van der Waals surface area contributed by atoms with Gasteiger partial charge in [-0.2, -0.15) is 0 Å². The molecule has 0 fully saturated rings. The lowest BCUT2D eigenvalue weighted by Gasteiger charge is -1.84. The van der Waals surface area contributed by atoms with Crippen molar-refractivity contribution >= 4 is 0 Å². The Morgan fingerprint density at radius 1 is 0.700 bits per heavy atom. The molecule has 0 aromatic heterocycles. The highest BCUT2D eigenvalue weighted by Gasteiger charge is 1.74. The minimum atomic E-state index is 1.16. The zero-order chi connectivity index (χ0) is 7.66. The normalized spacial score (nSPS) is 11.8. The SMILES string of the molecule is CCC=CCC/C=C\CC. The largest absolute Gasteiger partial charge is 0.0888 e. The van der Waals surface area contributed by atoms with Crippen molar-refractivity contribution in [2.75, 3.05) is 0 Å². The van der Waals surface area contributed by atoms with E-state index in [2.05, 4.69) is 38.2 Å². The second-order valence-corrected chi connectivity index (χ2v) is 2.34. The smallest absolute Gasteiger partial charge is 0.0316 e. The summed E-state index contributed by atoms with van der Waals surface area (Å²) in [6.07, 6.45) is 13.7. The molecule has 0 bridgehead atoms. The van der Waals surface area contributed by atoms with Crippen molar-refractivity contribution in [1.29, 1.82) is 0 Å². The Bertz CT molecular complexity index is 84.6. The molecule has 0 nitrogen and oxygen atoms in total. The van der Waals surface area contributed by atoms with E-state index in [0.29, 0.717) is 0 Å². The van der Waals surface area contributed by atoms with Gasteiger partial charge in [-0.15, -0.1) is 0 Å². The number of hydrogen-bond acceptors (Lipinski definition) is 0. The van der Waals surface area contributed by atoms with Gasteiger partial charge in [-0.3, -0.25) is 0 Å². The Morgan fingerprint density at radius 2 is 1.10 bits per heavy atom. The van der Waals surface area contributed by atoms with Crippen LogP contribution in [0.2, 0.25) is 0 Å². The predicted octanol–water partition coefficient (Wildman–Crippen LogP) is 3.70. The summed E-state index contributed by atoms with van der Waals surface area (Å²) in [5.41, 5.74) is 0. The Kier molecular flexibility index (Phi) is 8.04. The van der Waals surface area contributed by atoms with Crippen molar-refractivity contribution in [1.82, 2.24) is 0 Å². The van der Waals surface area contributed by atoms with E-state index in [0.717, 1.165) is 12.8 Å². The number of rotatable bonds is 5. The van der Waals surface area contributed by atoms with Gasteiger partial charge in [-0.25, -0.2) is 0 Å². The fourth-order valence-corrected chi connectivity index (χ4v) is 0.761. The molecule has 0 amide bonds. The number of allylic oxidation sites excluding steroid dienone is 4. The van der Waals surface area contributed by atoms with E-state index in [9.17, 15) is 0 Å². The monoisotopic (exact) mass is 138 g/mol. The van der Waals surface area contributed by atoms with Crippen LogP contribution in [-0.4, -0.2) is 0 Å². The topological polar surface area (TPSA) is 0 Å². The van der Waals surface area contributed by atoms with Gasteiger partial charge in [0.05, 0.1) is 0 Å². The molecule has 0 aliphatic heterocycles. The molecular formula is C10H18. The first-order chi connectivity index (χ1) is 4.91. The van der Waals surface area contributed by atoms with Gasteiger partial charge in [-0.05, 0) is 25.7 Å². The summed E-state index contributed by atoms with van der Waals surface area (Å²) in [7, 11) is 0. The van der Waals surface area contributed by atoms with Crippen molar-refractivity contribution in [2.45, 2.75) is 39.5 Å². The van der Waals surface area contributed by atoms with E-state index < -0.39 is 0 Å². The average Bonchev–Trinajstić information content (AvgIpc) is 1.97. The highest BCUT2D eigenvalue weighted by molar-refractivity contribution is 4.86. The number of unbranched alkanes of at least 4 members (excludes halogenated alkanes) is 1. The van der Waals surface area contributed by atoms with E-state index in [1.807, 2.05) is 0 Å². The quantitative estimate of drug-likeness (QED) is 0.401. The molecule has 0 saturated carbocycles. The van der Waals surface area contributed by atoms with Crippen LogP contribution in [0.15, 0.2) is 24.3 Å². The first-order valence-corrected chi connectivity index (χ1v) is 4.21. The molecule has 0 aromatic carbocycles. The van der Waals surface area contributed by atoms with Crippen LogP contribution in [0.4, 0.5) is 0 Å². The fraction of sp³-hybridized carbons (Fsp3) is 0.600. The standard InChI is InChI=1S/C10H18/c1-3-5-7-9-10-8-6-4-2/h5-8H,3-4,9-10H2,1-2H3/b7-5-,8-6?. The molecular weight excluding hydrogens is 120 g/mol. The Labute approximate surface area is 64.6 Å². The fourth-order valence-electron chi connectivity index (χ4n) is 0.761. The van der Waals surface area contributed by atoms with Gasteiger partial charge in [-0.1, -0.05) is 38.2 Å². The van der Waals surface area contributed by atoms with Gasteiger partial charge in [0.2, 0.25) is 0 Å². The van der Waals surface area contributed by atoms with Crippen LogP contribution in [0, 0.1) is 0 Å². The molecule has 58 valence electrons. The summed E-state index contributed by atoms with van der Waals surface area (Å²) in [5, 5.41) is 0. The number of hydrogen-bond donors (Lipinski definition) is 0. The van der Waals surface area contributed by atoms with Crippen molar-refractivity contribution in [3.8, 4) is 0 Å². The summed E-state index contributed by atoms with van der Waals surface area (Å²) in [6, 6.07) is 0. The first-order valence-electron chi connectivity index (χ1n) is 4.21. The molecule has 10 heavy (non-hydrogen) atoms. The van der Waals surface area contributed by atoms with Crippen LogP contribution in [0.25, 0.3) is 0 Å². The molecule has 0 radical (unpaired) electrons. The molecule has 0 rings (SSSR count). The molecule has 0 aliphatic rings. The van der Waals surface area contributed by atoms with E-state index in [1.54, 1.807) is 0 Å². The van der Waals surface area contributed by atoms with E-state index in [-0.39, 0.29) is 0 Å². The molecule has 0 unspecified atom stereocenters. The molecule has 0 spiro atoms. The summed E-state index contributed by atoms with van der Waals surface area (Å²) < 4.78 is 0. The average molecular weight is 138 g/mol. The maximum atomic E-state index is 2.25. The summed E-state index contributed by atoms with van der Waals surface area (Å²) >= 11 is 0. The lowest BCUT2D eigenvalue weighted by atomic mass is 10.2. The van der Waals surface area contributed by atoms with Crippen LogP contribution in [0.1, 0.15) is 39.5 Å². The molecule has 0 N–H and O–H groups in total. The minimum absolute atomic E-state index is 1.16. The van der Waals surface area contributed by atoms with Crippen LogP contribution in [-0.2, 0) is 0 Å². The van der Waals surface area contributed by atoms with Crippen LogP contribution < -0.4 is 0 Å². The van der Waals surface area contributed by atoms with E-state index in [1.165, 1.54) is 12.8 Å². The van der Waals surface area contributed by atoms with Crippen LogP contribution in [0.5, 0.6) is 0 Å². The summed E-state index contributed by atoms with van der Waals surface area (Å²) in [6.45, 7) is 4.33. The summed E-state index contributed by atoms with van der Waals surface area (Å²) in [5.74, 6) is 0. The Morgan fingerprint density at radius 3 is 1.40 bits per heavy atom. The van der Waals surface area contributed by atoms with Gasteiger partial charge in [0.15, 0.2) is 0 Å². The van der Waals surface area contributed by atoms with Crippen molar-refractivity contribution in [2.24, 2.45) is 0 Å². The molecule has 0 saturated heterocycles. The lowest BCUT2D eigenvalue weighted by Crippen LogP contribution is -1.64. The molecule has 0 atom stereocenters. The third-order valence-corrected chi connectivity index (χ3v) is 1.30. The lowest BCUT2D eigenvalue weighted by molar-refractivity contribution is 1.02. The third kappa shape index (κ3) is 7.48. The van der Waals surface area contributed by atoms with E-state index in [4.69, 9.17) is 0 Å². The Balaban J connectivity index is 3.04. The highest BCUT2D eigenvalue weighted by Crippen LogP contribution is 1.94. The van der Waals surface area contributed by atoms with Crippen LogP contribution in [0.3, 0.4) is 0 Å². The first kappa shape index (κ1) is 9.48. The van der Waals surface area contributed by atoms with Crippen molar-refractivity contribution < 1.29 is 0 Å². The van der Waals surface area contributed by atoms with E-state index >= 15 is 0 Å².